The van der Waals surface area contributed by atoms with Gasteiger partial charge in [-0.15, -0.1) is 0 Å². The maximum absolute atomic E-state index is 5.66. The van der Waals surface area contributed by atoms with Crippen LogP contribution in [0.3, 0.4) is 0 Å². The third-order valence-electron chi connectivity index (χ3n) is 2.04. The van der Waals surface area contributed by atoms with E-state index in [1.165, 1.54) is 11.3 Å². The highest BCUT2D eigenvalue weighted by molar-refractivity contribution is 7.18. The van der Waals surface area contributed by atoms with Gasteiger partial charge in [0.2, 0.25) is 5.95 Å². The van der Waals surface area contributed by atoms with Gasteiger partial charge in [-0.2, -0.15) is 0 Å². The molecule has 16 heavy (non-hydrogen) atoms. The summed E-state index contributed by atoms with van der Waals surface area (Å²) in [6.45, 7) is 4.73. The number of aryl methyl sites for hydroxylation is 1. The number of aromatic nitrogens is 3. The largest absolute Gasteiger partial charge is 0.375 e. The zero-order valence-corrected chi connectivity index (χ0v) is 10.0. The van der Waals surface area contributed by atoms with Gasteiger partial charge in [-0.3, -0.25) is 0 Å². The average molecular weight is 235 g/mol. The maximum Gasteiger partial charge on any atom is 0.223 e. The van der Waals surface area contributed by atoms with Crippen molar-refractivity contribution < 1.29 is 0 Å². The Morgan fingerprint density at radius 2 is 2.25 bits per heavy atom. The molecule has 0 aromatic carbocycles. The van der Waals surface area contributed by atoms with Crippen LogP contribution in [0, 0.1) is 6.92 Å². The van der Waals surface area contributed by atoms with Gasteiger partial charge in [0.15, 0.2) is 5.13 Å². The van der Waals surface area contributed by atoms with Crippen LogP contribution in [0.5, 0.6) is 0 Å². The molecule has 0 bridgehead atoms. The minimum Gasteiger partial charge on any atom is -0.375 e. The molecule has 3 N–H and O–H groups in total. The van der Waals surface area contributed by atoms with Gasteiger partial charge in [0.05, 0.1) is 16.3 Å². The molecule has 0 aliphatic rings. The Kier molecular flexibility index (Phi) is 3.00. The van der Waals surface area contributed by atoms with Crippen molar-refractivity contribution >= 4 is 22.4 Å². The van der Waals surface area contributed by atoms with Crippen molar-refractivity contribution in [2.24, 2.45) is 0 Å². The van der Waals surface area contributed by atoms with Crippen molar-refractivity contribution in [2.45, 2.75) is 13.8 Å². The van der Waals surface area contributed by atoms with Gasteiger partial charge in [0, 0.05) is 12.7 Å². The van der Waals surface area contributed by atoms with Gasteiger partial charge < -0.3 is 11.1 Å². The molecule has 0 unspecified atom stereocenters. The molecule has 84 valence electrons. The van der Waals surface area contributed by atoms with Crippen molar-refractivity contribution in [3.63, 3.8) is 0 Å². The van der Waals surface area contributed by atoms with E-state index < -0.39 is 0 Å². The van der Waals surface area contributed by atoms with Crippen LogP contribution in [-0.4, -0.2) is 21.5 Å². The highest BCUT2D eigenvalue weighted by Crippen LogP contribution is 2.29. The summed E-state index contributed by atoms with van der Waals surface area (Å²) in [7, 11) is 0. The number of thiazole rings is 1. The Balaban J connectivity index is 2.40. The molecule has 0 amide bonds. The van der Waals surface area contributed by atoms with Gasteiger partial charge in [-0.1, -0.05) is 11.3 Å². The molecule has 0 aliphatic carbocycles. The Labute approximate surface area is 97.8 Å². The van der Waals surface area contributed by atoms with Crippen molar-refractivity contribution in [1.82, 2.24) is 15.0 Å². The fourth-order valence-corrected chi connectivity index (χ4v) is 2.19. The summed E-state index contributed by atoms with van der Waals surface area (Å²) < 4.78 is 0. The molecule has 2 rings (SSSR count). The Morgan fingerprint density at radius 3 is 2.88 bits per heavy atom. The lowest BCUT2D eigenvalue weighted by Gasteiger charge is -2.02. The highest BCUT2D eigenvalue weighted by atomic mass is 32.1. The first-order valence-electron chi connectivity index (χ1n) is 5.01. The second-order valence-electron chi connectivity index (χ2n) is 3.26. The molecule has 0 aliphatic heterocycles. The van der Waals surface area contributed by atoms with E-state index in [0.29, 0.717) is 11.1 Å². The molecule has 2 aromatic rings. The standard InChI is InChI=1S/C10H13N5S/c1-3-12-10-13-5-4-7(15-10)8-6(2)14-9(11)16-8/h4-5H,3H2,1-2H3,(H2,11,14)(H,12,13,15). The Bertz CT molecular complexity index is 494. The van der Waals surface area contributed by atoms with Gasteiger partial charge in [-0.25, -0.2) is 15.0 Å². The number of hydrogen-bond donors (Lipinski definition) is 2. The summed E-state index contributed by atoms with van der Waals surface area (Å²) in [5.74, 6) is 0.631. The minimum atomic E-state index is 0.566. The summed E-state index contributed by atoms with van der Waals surface area (Å²) in [5.41, 5.74) is 7.43. The lowest BCUT2D eigenvalue weighted by Crippen LogP contribution is -2.01. The number of nitrogens with zero attached hydrogens (tertiary/aromatic N) is 3. The zero-order valence-electron chi connectivity index (χ0n) is 9.19. The van der Waals surface area contributed by atoms with E-state index in [2.05, 4.69) is 20.3 Å². The molecule has 2 aromatic heterocycles. The van der Waals surface area contributed by atoms with E-state index in [1.54, 1.807) is 6.20 Å². The molecule has 0 spiro atoms. The van der Waals surface area contributed by atoms with Crippen molar-refractivity contribution in [3.05, 3.63) is 18.0 Å². The van der Waals surface area contributed by atoms with Crippen LogP contribution in [-0.2, 0) is 0 Å². The number of rotatable bonds is 3. The average Bonchev–Trinajstić information content (AvgIpc) is 2.59. The molecule has 0 radical (unpaired) electrons. The lowest BCUT2D eigenvalue weighted by molar-refractivity contribution is 1.09. The number of nitrogens with two attached hydrogens (primary N) is 1. The molecule has 6 heteroatoms. The molecular weight excluding hydrogens is 222 g/mol. The van der Waals surface area contributed by atoms with Crippen molar-refractivity contribution in [1.29, 1.82) is 0 Å². The fourth-order valence-electron chi connectivity index (χ4n) is 1.38. The summed E-state index contributed by atoms with van der Waals surface area (Å²) in [4.78, 5) is 13.7. The molecule has 0 fully saturated rings. The fraction of sp³-hybridized carbons (Fsp3) is 0.300. The third kappa shape index (κ3) is 2.11. The maximum atomic E-state index is 5.66. The van der Waals surface area contributed by atoms with E-state index in [0.717, 1.165) is 22.8 Å². The van der Waals surface area contributed by atoms with Crippen LogP contribution in [0.2, 0.25) is 0 Å². The van der Waals surface area contributed by atoms with Gasteiger partial charge >= 0.3 is 0 Å². The highest BCUT2D eigenvalue weighted by Gasteiger charge is 2.09. The SMILES string of the molecule is CCNc1nccc(-c2sc(N)nc2C)n1. The number of hydrogen-bond acceptors (Lipinski definition) is 6. The van der Waals surface area contributed by atoms with Crippen LogP contribution in [0.25, 0.3) is 10.6 Å². The number of anilines is 2. The van der Waals surface area contributed by atoms with E-state index in [-0.39, 0.29) is 0 Å². The van der Waals surface area contributed by atoms with E-state index in [1.807, 2.05) is 19.9 Å². The predicted molar refractivity (Wildman–Crippen MR) is 66.5 cm³/mol. The molecule has 5 nitrogen and oxygen atoms in total. The normalized spacial score (nSPS) is 10.4. The summed E-state index contributed by atoms with van der Waals surface area (Å²) in [6, 6.07) is 1.86. The first-order chi connectivity index (χ1) is 7.70. The van der Waals surface area contributed by atoms with Crippen LogP contribution >= 0.6 is 11.3 Å². The van der Waals surface area contributed by atoms with Crippen LogP contribution < -0.4 is 11.1 Å². The minimum absolute atomic E-state index is 0.566. The van der Waals surface area contributed by atoms with Crippen LogP contribution in [0.4, 0.5) is 11.1 Å². The second kappa shape index (κ2) is 4.44. The summed E-state index contributed by atoms with van der Waals surface area (Å²) in [5, 5.41) is 3.64. The van der Waals surface area contributed by atoms with E-state index in [4.69, 9.17) is 5.73 Å². The van der Waals surface area contributed by atoms with E-state index >= 15 is 0 Å². The summed E-state index contributed by atoms with van der Waals surface area (Å²) >= 11 is 1.44. The predicted octanol–water partition coefficient (Wildman–Crippen LogP) is 1.92. The first kappa shape index (κ1) is 10.8. The lowest BCUT2D eigenvalue weighted by atomic mass is 10.3. The molecule has 0 saturated carbocycles. The van der Waals surface area contributed by atoms with Gasteiger partial charge in [0.25, 0.3) is 0 Å². The molecule has 2 heterocycles. The molecule has 0 atom stereocenters. The molecular formula is C10H13N5S. The Hall–Kier alpha value is -1.69. The summed E-state index contributed by atoms with van der Waals surface area (Å²) in [6.07, 6.45) is 1.73. The monoisotopic (exact) mass is 235 g/mol. The zero-order chi connectivity index (χ0) is 11.5. The van der Waals surface area contributed by atoms with E-state index in [9.17, 15) is 0 Å². The molecule has 0 saturated heterocycles. The van der Waals surface area contributed by atoms with Gasteiger partial charge in [-0.05, 0) is 19.9 Å². The quantitative estimate of drug-likeness (QED) is 0.850. The number of nitrogen functional groups attached to an aromatic ring is 1. The first-order valence-corrected chi connectivity index (χ1v) is 5.82. The van der Waals surface area contributed by atoms with Crippen LogP contribution in [0.15, 0.2) is 12.3 Å². The number of nitrogens with one attached hydrogen (secondary N) is 1. The van der Waals surface area contributed by atoms with Crippen molar-refractivity contribution in [3.8, 4) is 10.6 Å². The second-order valence-corrected chi connectivity index (χ2v) is 4.29. The third-order valence-corrected chi connectivity index (χ3v) is 3.05. The van der Waals surface area contributed by atoms with Crippen molar-refractivity contribution in [2.75, 3.05) is 17.6 Å². The topological polar surface area (TPSA) is 76.7 Å². The smallest absolute Gasteiger partial charge is 0.223 e. The van der Waals surface area contributed by atoms with Crippen LogP contribution in [0.1, 0.15) is 12.6 Å². The van der Waals surface area contributed by atoms with Gasteiger partial charge in [0.1, 0.15) is 0 Å². The Morgan fingerprint density at radius 1 is 1.44 bits per heavy atom.